The van der Waals surface area contributed by atoms with Crippen molar-refractivity contribution in [1.29, 1.82) is 0 Å². The number of amides is 2. The summed E-state index contributed by atoms with van der Waals surface area (Å²) in [6.45, 7) is 0. The van der Waals surface area contributed by atoms with E-state index in [0.29, 0.717) is 23.0 Å². The topological polar surface area (TPSA) is 71.8 Å². The van der Waals surface area contributed by atoms with Crippen LogP contribution in [0.4, 0.5) is 5.69 Å². The lowest BCUT2D eigenvalue weighted by molar-refractivity contribution is -0.122. The third-order valence-electron chi connectivity index (χ3n) is 3.48. The minimum absolute atomic E-state index is 0.0274. The number of carbonyl (C=O) groups is 2. The van der Waals surface area contributed by atoms with E-state index < -0.39 is 11.8 Å². The molecule has 0 bridgehead atoms. The molecule has 25 heavy (non-hydrogen) atoms. The van der Waals surface area contributed by atoms with Gasteiger partial charge in [-0.2, -0.15) is 0 Å². The molecule has 2 aromatic rings. The second-order valence-electron chi connectivity index (χ2n) is 4.98. The number of rotatable bonds is 3. The highest BCUT2D eigenvalue weighted by Gasteiger charge is 2.36. The summed E-state index contributed by atoms with van der Waals surface area (Å²) in [6, 6.07) is 10.0. The Kier molecular flexibility index (Phi) is 4.37. The zero-order valence-electron chi connectivity index (χ0n) is 13.1. The molecule has 1 fully saturated rings. The summed E-state index contributed by atoms with van der Waals surface area (Å²) in [5, 5.41) is 2.47. The number of carbonyl (C=O) groups excluding carboxylic acids is 2. The quantitative estimate of drug-likeness (QED) is 0.396. The third kappa shape index (κ3) is 3.03. The van der Waals surface area contributed by atoms with Gasteiger partial charge in [0.05, 0.1) is 12.8 Å². The minimum atomic E-state index is -0.611. The molecule has 0 spiro atoms. The molecule has 1 aliphatic heterocycles. The van der Waals surface area contributed by atoms with Crippen molar-refractivity contribution in [1.82, 2.24) is 5.32 Å². The number of anilines is 1. The Balaban J connectivity index is 2.04. The first-order chi connectivity index (χ1) is 12.0. The molecule has 1 saturated heterocycles. The Morgan fingerprint density at radius 3 is 2.72 bits per heavy atom. The van der Waals surface area contributed by atoms with Gasteiger partial charge in [0, 0.05) is 0 Å². The summed E-state index contributed by atoms with van der Waals surface area (Å²) in [5.74, 6) is 2.17. The first-order valence-electron chi connectivity index (χ1n) is 7.16. The number of benzene rings is 1. The van der Waals surface area contributed by atoms with Crippen LogP contribution in [0.15, 0.2) is 46.4 Å². The van der Waals surface area contributed by atoms with Crippen LogP contribution in [0.2, 0.25) is 0 Å². The lowest BCUT2D eigenvalue weighted by Gasteiger charge is -2.29. The summed E-state index contributed by atoms with van der Waals surface area (Å²) in [4.78, 5) is 26.3. The predicted molar refractivity (Wildman–Crippen MR) is 95.8 cm³/mol. The lowest BCUT2D eigenvalue weighted by Crippen LogP contribution is -2.54. The standard InChI is InChI=1S/C18H12N2O4S/c1-3-11-8-9-12(24-11)10-13-16(21)19-18(25)20(17(13)22)14-6-4-5-7-15(14)23-2/h1,4-10H,2H3,(H,19,21,25)/b13-10+. The van der Waals surface area contributed by atoms with Crippen molar-refractivity contribution in [2.24, 2.45) is 0 Å². The van der Waals surface area contributed by atoms with Crippen LogP contribution < -0.4 is 15.0 Å². The summed E-state index contributed by atoms with van der Waals surface area (Å²) < 4.78 is 10.6. The largest absolute Gasteiger partial charge is 0.495 e. The van der Waals surface area contributed by atoms with Crippen LogP contribution in [0.1, 0.15) is 11.5 Å². The summed E-state index contributed by atoms with van der Waals surface area (Å²) in [5.41, 5.74) is 0.298. The molecular formula is C18H12N2O4S. The SMILES string of the molecule is C#Cc1ccc(/C=C2\C(=O)NC(=S)N(c3ccccc3OC)C2=O)o1. The van der Waals surface area contributed by atoms with Gasteiger partial charge in [-0.1, -0.05) is 12.1 Å². The summed E-state index contributed by atoms with van der Waals surface area (Å²) in [7, 11) is 1.48. The lowest BCUT2D eigenvalue weighted by atomic mass is 10.1. The average Bonchev–Trinajstić information content (AvgIpc) is 3.06. The second kappa shape index (κ2) is 6.63. The fourth-order valence-corrected chi connectivity index (χ4v) is 2.61. The molecule has 7 heteroatoms. The number of ether oxygens (including phenoxy) is 1. The van der Waals surface area contributed by atoms with Crippen molar-refractivity contribution in [2.75, 3.05) is 12.0 Å². The molecule has 1 aromatic heterocycles. The molecule has 0 saturated carbocycles. The summed E-state index contributed by atoms with van der Waals surface area (Å²) >= 11 is 5.15. The number of terminal acetylenes is 1. The first kappa shape index (κ1) is 16.5. The Morgan fingerprint density at radius 1 is 1.28 bits per heavy atom. The van der Waals surface area contributed by atoms with Crippen LogP contribution >= 0.6 is 12.2 Å². The maximum Gasteiger partial charge on any atom is 0.270 e. The second-order valence-corrected chi connectivity index (χ2v) is 5.36. The Morgan fingerprint density at radius 2 is 2.04 bits per heavy atom. The first-order valence-corrected chi connectivity index (χ1v) is 7.57. The number of nitrogens with one attached hydrogen (secondary N) is 1. The Labute approximate surface area is 149 Å². The van der Waals surface area contributed by atoms with Gasteiger partial charge in [-0.05, 0) is 48.5 Å². The molecule has 0 radical (unpaired) electrons. The fraction of sp³-hybridized carbons (Fsp3) is 0.0556. The van der Waals surface area contributed by atoms with Gasteiger partial charge in [0.25, 0.3) is 11.8 Å². The number of furan rings is 1. The van der Waals surface area contributed by atoms with E-state index in [1.54, 1.807) is 36.4 Å². The van der Waals surface area contributed by atoms with E-state index >= 15 is 0 Å². The molecule has 3 rings (SSSR count). The zero-order valence-corrected chi connectivity index (χ0v) is 13.9. The maximum absolute atomic E-state index is 12.9. The van der Waals surface area contributed by atoms with Gasteiger partial charge in [0.15, 0.2) is 10.9 Å². The maximum atomic E-state index is 12.9. The molecule has 0 aliphatic carbocycles. The zero-order chi connectivity index (χ0) is 18.0. The summed E-state index contributed by atoms with van der Waals surface area (Å²) in [6.07, 6.45) is 6.57. The van der Waals surface area contributed by atoms with Crippen molar-refractivity contribution < 1.29 is 18.7 Å². The number of hydrogen-bond acceptors (Lipinski definition) is 5. The highest BCUT2D eigenvalue weighted by Crippen LogP contribution is 2.30. The molecule has 0 atom stereocenters. The van der Waals surface area contributed by atoms with E-state index in [-0.39, 0.29) is 10.7 Å². The van der Waals surface area contributed by atoms with Gasteiger partial charge >= 0.3 is 0 Å². The Hall–Kier alpha value is -3.37. The van der Waals surface area contributed by atoms with Gasteiger partial charge in [-0.15, -0.1) is 6.42 Å². The van der Waals surface area contributed by atoms with E-state index in [0.717, 1.165) is 0 Å². The number of methoxy groups -OCH3 is 1. The van der Waals surface area contributed by atoms with E-state index in [2.05, 4.69) is 11.2 Å². The third-order valence-corrected chi connectivity index (χ3v) is 3.77. The molecule has 2 amide bonds. The monoisotopic (exact) mass is 352 g/mol. The van der Waals surface area contributed by atoms with Crippen molar-refractivity contribution in [2.45, 2.75) is 0 Å². The average molecular weight is 352 g/mol. The van der Waals surface area contributed by atoms with Crippen molar-refractivity contribution in [3.63, 3.8) is 0 Å². The molecule has 1 N–H and O–H groups in total. The van der Waals surface area contributed by atoms with Crippen LogP contribution in [-0.4, -0.2) is 24.0 Å². The number of para-hydroxylation sites is 2. The highest BCUT2D eigenvalue weighted by atomic mass is 32.1. The fourth-order valence-electron chi connectivity index (χ4n) is 2.34. The molecule has 2 heterocycles. The normalized spacial score (nSPS) is 15.9. The molecule has 1 aliphatic rings. The molecule has 0 unspecified atom stereocenters. The van der Waals surface area contributed by atoms with Gasteiger partial charge < -0.3 is 9.15 Å². The van der Waals surface area contributed by atoms with Crippen LogP contribution in [-0.2, 0) is 9.59 Å². The van der Waals surface area contributed by atoms with Crippen LogP contribution in [0.3, 0.4) is 0 Å². The minimum Gasteiger partial charge on any atom is -0.495 e. The molecule has 124 valence electrons. The molecule has 6 nitrogen and oxygen atoms in total. The van der Waals surface area contributed by atoms with E-state index in [9.17, 15) is 9.59 Å². The smallest absolute Gasteiger partial charge is 0.270 e. The molecule has 1 aromatic carbocycles. The van der Waals surface area contributed by atoms with E-state index in [1.165, 1.54) is 18.1 Å². The van der Waals surface area contributed by atoms with E-state index in [1.807, 2.05) is 0 Å². The van der Waals surface area contributed by atoms with Crippen LogP contribution in [0.25, 0.3) is 6.08 Å². The van der Waals surface area contributed by atoms with Crippen molar-refractivity contribution >= 4 is 40.9 Å². The highest BCUT2D eigenvalue weighted by molar-refractivity contribution is 7.80. The Bertz CT molecular complexity index is 952. The van der Waals surface area contributed by atoms with Crippen LogP contribution in [0, 0.1) is 12.3 Å². The van der Waals surface area contributed by atoms with Crippen molar-refractivity contribution in [3.8, 4) is 18.1 Å². The van der Waals surface area contributed by atoms with Gasteiger partial charge in [0.2, 0.25) is 0 Å². The van der Waals surface area contributed by atoms with Gasteiger partial charge in [0.1, 0.15) is 17.1 Å². The molecular weight excluding hydrogens is 340 g/mol. The number of thiocarbonyl (C=S) groups is 1. The predicted octanol–water partition coefficient (Wildman–Crippen LogP) is 2.10. The number of hydrogen-bond donors (Lipinski definition) is 1. The van der Waals surface area contributed by atoms with Crippen molar-refractivity contribution in [3.05, 3.63) is 53.5 Å². The van der Waals surface area contributed by atoms with Gasteiger partial charge in [-0.25, -0.2) is 4.90 Å². The van der Waals surface area contributed by atoms with E-state index in [4.69, 9.17) is 27.8 Å². The van der Waals surface area contributed by atoms with Crippen LogP contribution in [0.5, 0.6) is 5.75 Å². The van der Waals surface area contributed by atoms with Gasteiger partial charge in [-0.3, -0.25) is 14.9 Å². The number of nitrogens with zero attached hydrogens (tertiary/aromatic N) is 1.